The lowest BCUT2D eigenvalue weighted by atomic mass is 10.2. The van der Waals surface area contributed by atoms with Crippen LogP contribution in [0.1, 0.15) is 31.6 Å². The fraction of sp³-hybridized carbons (Fsp3) is 0.529. The molecule has 2 aromatic rings. The molecule has 162 valence electrons. The maximum atomic E-state index is 13.4. The number of H-pyrrole nitrogens is 1. The number of fused-ring (bicyclic) bond motifs is 1. The van der Waals surface area contributed by atoms with Gasteiger partial charge in [0.1, 0.15) is 5.78 Å². The summed E-state index contributed by atoms with van der Waals surface area (Å²) in [4.78, 5) is 27.0. The number of methoxy groups -OCH3 is 1. The van der Waals surface area contributed by atoms with Gasteiger partial charge in [-0.05, 0) is 32.0 Å². The number of hydrogen-bond donors (Lipinski definition) is 1. The summed E-state index contributed by atoms with van der Waals surface area (Å²) < 4.78 is 69.1. The number of benzene rings is 1. The first-order valence-electron chi connectivity index (χ1n) is 8.82. The second-order valence-electron chi connectivity index (χ2n) is 6.00. The van der Waals surface area contributed by atoms with Crippen molar-refractivity contribution < 1.29 is 31.5 Å². The molecule has 1 aromatic carbocycles. The third-order valence-corrected chi connectivity index (χ3v) is 6.56. The zero-order chi connectivity index (χ0) is 21.8. The summed E-state index contributed by atoms with van der Waals surface area (Å²) in [6, 6.07) is 2.53. The van der Waals surface area contributed by atoms with Gasteiger partial charge < -0.3 is 18.8 Å². The van der Waals surface area contributed by atoms with Gasteiger partial charge in [-0.2, -0.15) is 13.2 Å². The molecule has 0 saturated carbocycles. The van der Waals surface area contributed by atoms with E-state index in [0.29, 0.717) is 6.07 Å². The van der Waals surface area contributed by atoms with Gasteiger partial charge in [0.15, 0.2) is 0 Å². The number of aromatic amines is 1. The number of rotatable bonds is 9. The van der Waals surface area contributed by atoms with Crippen molar-refractivity contribution in [2.24, 2.45) is 0 Å². The summed E-state index contributed by atoms with van der Waals surface area (Å²) in [6.45, 7) is 3.18. The normalized spacial score (nSPS) is 13.7. The van der Waals surface area contributed by atoms with Gasteiger partial charge in [-0.25, -0.2) is 0 Å². The van der Waals surface area contributed by atoms with Gasteiger partial charge in [-0.3, -0.25) is 18.7 Å². The number of hydrogen-bond acceptors (Lipinski definition) is 6. The van der Waals surface area contributed by atoms with Crippen LogP contribution in [-0.4, -0.2) is 36.5 Å². The molecule has 0 aliphatic heterocycles. The Balaban J connectivity index is 2.83. The van der Waals surface area contributed by atoms with E-state index in [9.17, 15) is 27.3 Å². The molecule has 0 saturated heterocycles. The van der Waals surface area contributed by atoms with Gasteiger partial charge in [0.05, 0.1) is 29.8 Å². The summed E-state index contributed by atoms with van der Waals surface area (Å²) in [5.74, 6) is -1.27. The van der Waals surface area contributed by atoms with E-state index in [4.69, 9.17) is 13.8 Å². The van der Waals surface area contributed by atoms with E-state index < -0.39 is 36.2 Å². The third-order valence-electron chi connectivity index (χ3n) is 4.11. The number of halogens is 3. The second kappa shape index (κ2) is 9.25. The van der Waals surface area contributed by atoms with Gasteiger partial charge in [-0.15, -0.1) is 0 Å². The largest absolute Gasteiger partial charge is 0.416 e. The molecule has 0 aliphatic rings. The zero-order valence-electron chi connectivity index (χ0n) is 16.1. The highest BCUT2D eigenvalue weighted by molar-refractivity contribution is 7.54. The number of alkyl halides is 3. The number of aromatic nitrogens is 2. The molecule has 12 heteroatoms. The predicted octanol–water partition coefficient (Wildman–Crippen LogP) is 3.51. The van der Waals surface area contributed by atoms with Crippen molar-refractivity contribution in [3.63, 3.8) is 0 Å². The van der Waals surface area contributed by atoms with E-state index in [2.05, 4.69) is 4.98 Å². The molecule has 2 rings (SSSR count). The van der Waals surface area contributed by atoms with Crippen LogP contribution in [0, 0.1) is 0 Å². The molecular formula is C17H22F3N2O6P. The summed E-state index contributed by atoms with van der Waals surface area (Å²) in [5.41, 5.74) is -3.51. The Hall–Kier alpha value is -1.94. The van der Waals surface area contributed by atoms with Crippen LogP contribution in [0.5, 0.6) is 0 Å². The van der Waals surface area contributed by atoms with Crippen LogP contribution in [0.4, 0.5) is 13.2 Å². The second-order valence-corrected chi connectivity index (χ2v) is 8.19. The summed E-state index contributed by atoms with van der Waals surface area (Å²) in [7, 11) is -2.58. The summed E-state index contributed by atoms with van der Waals surface area (Å²) in [5, 5.41) is 0. The van der Waals surface area contributed by atoms with Crippen molar-refractivity contribution in [1.29, 1.82) is 0 Å². The lowest BCUT2D eigenvalue weighted by Gasteiger charge is -2.28. The molecule has 0 fully saturated rings. The van der Waals surface area contributed by atoms with Crippen molar-refractivity contribution in [3.05, 3.63) is 44.5 Å². The van der Waals surface area contributed by atoms with Gasteiger partial charge in [0.2, 0.25) is 0 Å². The highest BCUT2D eigenvalue weighted by Crippen LogP contribution is 2.60. The fourth-order valence-electron chi connectivity index (χ4n) is 2.93. The van der Waals surface area contributed by atoms with Gasteiger partial charge in [0, 0.05) is 20.1 Å². The van der Waals surface area contributed by atoms with Crippen molar-refractivity contribution in [2.75, 3.05) is 26.9 Å². The highest BCUT2D eigenvalue weighted by Gasteiger charge is 2.39. The van der Waals surface area contributed by atoms with Gasteiger partial charge in [0.25, 0.3) is 0 Å². The minimum absolute atomic E-state index is 0.00510. The SMILES string of the molecule is CCOP(=O)(OCC)C(CCOC)n1c(=O)c(=O)[nH]c2cc(C(F)(F)F)ccc21. The van der Waals surface area contributed by atoms with Crippen molar-refractivity contribution in [2.45, 2.75) is 32.2 Å². The average Bonchev–Trinajstić information content (AvgIpc) is 2.64. The topological polar surface area (TPSA) is 99.6 Å². The van der Waals surface area contributed by atoms with Crippen LogP contribution < -0.4 is 11.1 Å². The Kier molecular flexibility index (Phi) is 7.45. The van der Waals surface area contributed by atoms with Crippen LogP contribution in [0.25, 0.3) is 11.0 Å². The van der Waals surface area contributed by atoms with E-state index in [1.807, 2.05) is 0 Å². The molecule has 0 radical (unpaired) electrons. The molecule has 1 heterocycles. The number of ether oxygens (including phenoxy) is 1. The van der Waals surface area contributed by atoms with E-state index in [1.165, 1.54) is 7.11 Å². The van der Waals surface area contributed by atoms with Gasteiger partial charge in [-0.1, -0.05) is 0 Å². The molecule has 8 nitrogen and oxygen atoms in total. The molecule has 0 spiro atoms. The molecule has 1 unspecified atom stereocenters. The standard InChI is InChI=1S/C17H22F3N2O6P/c1-4-27-29(25,28-5-2)14(8-9-26-3)22-13-7-6-11(17(18,19)20)10-12(13)21-15(23)16(22)24/h6-7,10,14H,4-5,8-9H2,1-3H3,(H,21,23). The van der Waals surface area contributed by atoms with Crippen LogP contribution in [0.15, 0.2) is 27.8 Å². The van der Waals surface area contributed by atoms with Crippen molar-refractivity contribution in [1.82, 2.24) is 9.55 Å². The van der Waals surface area contributed by atoms with Gasteiger partial charge >= 0.3 is 24.9 Å². The average molecular weight is 438 g/mol. The maximum absolute atomic E-state index is 13.4. The molecule has 1 aromatic heterocycles. The Morgan fingerprint density at radius 3 is 2.31 bits per heavy atom. The molecule has 0 amide bonds. The summed E-state index contributed by atoms with van der Waals surface area (Å²) in [6.07, 6.45) is -4.68. The van der Waals surface area contributed by atoms with Crippen molar-refractivity contribution >= 4 is 18.6 Å². The minimum atomic E-state index is -4.65. The Morgan fingerprint density at radius 1 is 1.17 bits per heavy atom. The van der Waals surface area contributed by atoms with Crippen LogP contribution in [-0.2, 0) is 24.5 Å². The van der Waals surface area contributed by atoms with Crippen LogP contribution in [0.2, 0.25) is 0 Å². The molecule has 1 N–H and O–H groups in total. The van der Waals surface area contributed by atoms with Crippen LogP contribution >= 0.6 is 7.60 Å². The first kappa shape index (κ1) is 23.3. The number of nitrogens with one attached hydrogen (secondary N) is 1. The van der Waals surface area contributed by atoms with Crippen molar-refractivity contribution in [3.8, 4) is 0 Å². The Bertz CT molecular complexity index is 1010. The lowest BCUT2D eigenvalue weighted by Crippen LogP contribution is -2.39. The zero-order valence-corrected chi connectivity index (χ0v) is 17.0. The molecule has 0 bridgehead atoms. The maximum Gasteiger partial charge on any atom is 0.416 e. The fourth-order valence-corrected chi connectivity index (χ4v) is 5.01. The van der Waals surface area contributed by atoms with E-state index in [0.717, 1.165) is 16.7 Å². The molecule has 0 aliphatic carbocycles. The summed E-state index contributed by atoms with van der Waals surface area (Å²) >= 11 is 0. The smallest absolute Gasteiger partial charge is 0.385 e. The molecular weight excluding hydrogens is 416 g/mol. The Labute approximate surface area is 164 Å². The van der Waals surface area contributed by atoms with E-state index >= 15 is 0 Å². The van der Waals surface area contributed by atoms with Crippen LogP contribution in [0.3, 0.4) is 0 Å². The predicted molar refractivity (Wildman–Crippen MR) is 100 cm³/mol. The number of nitrogens with zero attached hydrogens (tertiary/aromatic N) is 1. The molecule has 1 atom stereocenters. The lowest BCUT2D eigenvalue weighted by molar-refractivity contribution is -0.137. The monoisotopic (exact) mass is 438 g/mol. The first-order valence-corrected chi connectivity index (χ1v) is 10.4. The third kappa shape index (κ3) is 4.98. The first-order chi connectivity index (χ1) is 13.6. The van der Waals surface area contributed by atoms with E-state index in [-0.39, 0.29) is 37.3 Å². The quantitative estimate of drug-likeness (QED) is 0.475. The minimum Gasteiger partial charge on any atom is -0.385 e. The van der Waals surface area contributed by atoms with E-state index in [1.54, 1.807) is 13.8 Å². The highest BCUT2D eigenvalue weighted by atomic mass is 31.2. The Morgan fingerprint density at radius 2 is 1.79 bits per heavy atom. The molecule has 29 heavy (non-hydrogen) atoms.